The van der Waals surface area contributed by atoms with Crippen LogP contribution >= 0.6 is 0 Å². The van der Waals surface area contributed by atoms with Gasteiger partial charge in [0.25, 0.3) is 0 Å². The van der Waals surface area contributed by atoms with Crippen LogP contribution in [0.5, 0.6) is 0 Å². The van der Waals surface area contributed by atoms with Crippen LogP contribution < -0.4 is 0 Å². The molecule has 1 aromatic rings. The highest BCUT2D eigenvalue weighted by Gasteiger charge is 2.36. The van der Waals surface area contributed by atoms with Gasteiger partial charge >= 0.3 is 14.8 Å². The van der Waals surface area contributed by atoms with Crippen LogP contribution in [0.2, 0.25) is 6.04 Å². The Bertz CT molecular complexity index is 462. The zero-order chi connectivity index (χ0) is 15.7. The summed E-state index contributed by atoms with van der Waals surface area (Å²) in [5.41, 5.74) is 1.14. The Labute approximate surface area is 125 Å². The number of aromatic carboxylic acids is 1. The third-order valence-electron chi connectivity index (χ3n) is 3.10. The van der Waals surface area contributed by atoms with Crippen molar-refractivity contribution in [2.75, 3.05) is 27.9 Å². The summed E-state index contributed by atoms with van der Waals surface area (Å²) >= 11 is 0. The lowest BCUT2D eigenvalue weighted by atomic mass is 10.1. The van der Waals surface area contributed by atoms with Crippen LogP contribution in [-0.4, -0.2) is 54.0 Å². The van der Waals surface area contributed by atoms with E-state index < -0.39 is 14.8 Å². The zero-order valence-electron chi connectivity index (χ0n) is 12.5. The topological polar surface area (TPSA) is 77.4 Å². The van der Waals surface area contributed by atoms with E-state index in [1.807, 2.05) is 0 Å². The lowest BCUT2D eigenvalue weighted by molar-refractivity contribution is 0.0697. The molecule has 1 aromatic carbocycles. The number of benzene rings is 1. The number of carboxylic acids is 1. The van der Waals surface area contributed by atoms with E-state index in [0.717, 1.165) is 12.0 Å². The summed E-state index contributed by atoms with van der Waals surface area (Å²) in [6.45, 7) is 0.630. The van der Waals surface area contributed by atoms with E-state index in [1.165, 1.54) is 0 Å². The predicted molar refractivity (Wildman–Crippen MR) is 82.1 cm³/mol. The molecule has 0 aromatic heterocycles. The molecule has 0 saturated carbocycles. The van der Waals surface area contributed by atoms with Crippen molar-refractivity contribution in [3.8, 4) is 0 Å². The molecule has 0 heterocycles. The summed E-state index contributed by atoms with van der Waals surface area (Å²) in [4.78, 5) is 15.0. The molecule has 0 bridgehead atoms. The predicted octanol–water partition coefficient (Wildman–Crippen LogP) is 2.07. The Balaban J connectivity index is 2.43. The van der Waals surface area contributed by atoms with Gasteiger partial charge in [-0.15, -0.1) is 0 Å². The quantitative estimate of drug-likeness (QED) is 0.429. The highest BCUT2D eigenvalue weighted by molar-refractivity contribution is 6.60. The SMILES string of the molecule is CO[Si](CCCN=Cc1ccc(C(=O)O)cc1)(OC)OC. The van der Waals surface area contributed by atoms with Crippen LogP contribution in [0.15, 0.2) is 29.3 Å². The van der Waals surface area contributed by atoms with Gasteiger partial charge in [0.05, 0.1) is 5.56 Å². The van der Waals surface area contributed by atoms with Gasteiger partial charge in [-0.2, -0.15) is 0 Å². The molecule has 0 fully saturated rings. The number of hydrogen-bond acceptors (Lipinski definition) is 5. The Morgan fingerprint density at radius 2 is 1.76 bits per heavy atom. The van der Waals surface area contributed by atoms with E-state index in [1.54, 1.807) is 51.8 Å². The summed E-state index contributed by atoms with van der Waals surface area (Å²) < 4.78 is 16.0. The first-order valence-electron chi connectivity index (χ1n) is 6.55. The maximum Gasteiger partial charge on any atom is 0.500 e. The third-order valence-corrected chi connectivity index (χ3v) is 5.93. The molecule has 0 saturated heterocycles. The molecule has 6 nitrogen and oxygen atoms in total. The van der Waals surface area contributed by atoms with Crippen molar-refractivity contribution >= 4 is 21.0 Å². The van der Waals surface area contributed by atoms with Crippen molar-refractivity contribution < 1.29 is 23.2 Å². The number of hydrogen-bond donors (Lipinski definition) is 1. The highest BCUT2D eigenvalue weighted by Crippen LogP contribution is 2.14. The molecule has 1 N–H and O–H groups in total. The zero-order valence-corrected chi connectivity index (χ0v) is 13.5. The van der Waals surface area contributed by atoms with E-state index in [-0.39, 0.29) is 5.56 Å². The standard InChI is InChI=1S/C14H21NO5Si/c1-18-21(19-2,20-3)10-4-9-15-11-12-5-7-13(8-6-12)14(16)17/h5-8,11H,4,9-10H2,1-3H3,(H,16,17). The number of aliphatic imine (C=N–C) groups is 1. The van der Waals surface area contributed by atoms with Gasteiger partial charge in [-0.05, 0) is 24.1 Å². The molecule has 0 aliphatic carbocycles. The van der Waals surface area contributed by atoms with Crippen molar-refractivity contribution in [2.24, 2.45) is 4.99 Å². The van der Waals surface area contributed by atoms with Crippen LogP contribution in [0, 0.1) is 0 Å². The molecule has 7 heteroatoms. The van der Waals surface area contributed by atoms with E-state index in [0.29, 0.717) is 12.6 Å². The van der Waals surface area contributed by atoms with E-state index in [9.17, 15) is 4.79 Å². The maximum absolute atomic E-state index is 10.7. The van der Waals surface area contributed by atoms with Gasteiger partial charge in [-0.25, -0.2) is 4.79 Å². The summed E-state index contributed by atoms with van der Waals surface area (Å²) in [5, 5.41) is 8.80. The number of carboxylic acid groups (broad SMARTS) is 1. The molecule has 0 aliphatic heterocycles. The first kappa shape index (κ1) is 17.5. The molecule has 116 valence electrons. The van der Waals surface area contributed by atoms with E-state index in [4.69, 9.17) is 18.4 Å². The van der Waals surface area contributed by atoms with Crippen LogP contribution in [0.4, 0.5) is 0 Å². The summed E-state index contributed by atoms with van der Waals surface area (Å²) in [6.07, 6.45) is 2.52. The Morgan fingerprint density at radius 1 is 1.19 bits per heavy atom. The lowest BCUT2D eigenvalue weighted by Crippen LogP contribution is -2.42. The molecule has 1 rings (SSSR count). The fourth-order valence-electron chi connectivity index (χ4n) is 1.82. The van der Waals surface area contributed by atoms with Gasteiger partial charge in [0.2, 0.25) is 0 Å². The number of carbonyl (C=O) groups is 1. The molecule has 0 amide bonds. The Hall–Kier alpha value is -1.54. The molecule has 0 radical (unpaired) electrons. The smallest absolute Gasteiger partial charge is 0.478 e. The molecule has 0 aliphatic rings. The van der Waals surface area contributed by atoms with Crippen molar-refractivity contribution in [3.05, 3.63) is 35.4 Å². The minimum Gasteiger partial charge on any atom is -0.478 e. The summed E-state index contributed by atoms with van der Waals surface area (Å²) in [5.74, 6) is -0.932. The third kappa shape index (κ3) is 5.39. The molecule has 0 atom stereocenters. The van der Waals surface area contributed by atoms with Crippen molar-refractivity contribution in [1.29, 1.82) is 0 Å². The van der Waals surface area contributed by atoms with E-state index >= 15 is 0 Å². The van der Waals surface area contributed by atoms with Gasteiger partial charge in [-0.3, -0.25) is 4.99 Å². The summed E-state index contributed by atoms with van der Waals surface area (Å²) in [6, 6.07) is 7.27. The minimum absolute atomic E-state index is 0.267. The van der Waals surface area contributed by atoms with Crippen LogP contribution in [0.1, 0.15) is 22.3 Å². The maximum atomic E-state index is 10.7. The first-order valence-corrected chi connectivity index (χ1v) is 8.48. The molecule has 0 spiro atoms. The second-order valence-electron chi connectivity index (χ2n) is 4.36. The minimum atomic E-state index is -2.51. The van der Waals surface area contributed by atoms with Crippen LogP contribution in [0.25, 0.3) is 0 Å². The second-order valence-corrected chi connectivity index (χ2v) is 7.45. The average Bonchev–Trinajstić information content (AvgIpc) is 2.52. The summed E-state index contributed by atoms with van der Waals surface area (Å²) in [7, 11) is 2.26. The van der Waals surface area contributed by atoms with Crippen molar-refractivity contribution in [1.82, 2.24) is 0 Å². The first-order chi connectivity index (χ1) is 10.1. The Morgan fingerprint density at radius 3 is 2.24 bits per heavy atom. The van der Waals surface area contributed by atoms with Crippen LogP contribution in [-0.2, 0) is 13.3 Å². The van der Waals surface area contributed by atoms with Gasteiger partial charge in [0.15, 0.2) is 0 Å². The molecule has 21 heavy (non-hydrogen) atoms. The monoisotopic (exact) mass is 311 g/mol. The molecular formula is C14H21NO5Si. The second kappa shape index (κ2) is 8.68. The average molecular weight is 311 g/mol. The van der Waals surface area contributed by atoms with Crippen molar-refractivity contribution in [3.63, 3.8) is 0 Å². The van der Waals surface area contributed by atoms with E-state index in [2.05, 4.69) is 4.99 Å². The number of nitrogens with zero attached hydrogens (tertiary/aromatic N) is 1. The van der Waals surface area contributed by atoms with Gasteiger partial charge < -0.3 is 18.4 Å². The highest BCUT2D eigenvalue weighted by atomic mass is 28.4. The fourth-order valence-corrected chi connectivity index (χ4v) is 3.53. The van der Waals surface area contributed by atoms with Gasteiger partial charge in [0, 0.05) is 40.1 Å². The van der Waals surface area contributed by atoms with Gasteiger partial charge in [0.1, 0.15) is 0 Å². The van der Waals surface area contributed by atoms with Gasteiger partial charge in [-0.1, -0.05) is 12.1 Å². The molecule has 0 unspecified atom stereocenters. The van der Waals surface area contributed by atoms with Crippen LogP contribution in [0.3, 0.4) is 0 Å². The Kier molecular flexibility index (Phi) is 7.24. The lowest BCUT2D eigenvalue weighted by Gasteiger charge is -2.23. The van der Waals surface area contributed by atoms with Crippen molar-refractivity contribution in [2.45, 2.75) is 12.5 Å². The normalized spacial score (nSPS) is 12.0. The largest absolute Gasteiger partial charge is 0.500 e. The fraction of sp³-hybridized carbons (Fsp3) is 0.429. The molecular weight excluding hydrogens is 290 g/mol. The number of rotatable bonds is 9.